The minimum atomic E-state index is -3.75. The van der Waals surface area contributed by atoms with E-state index >= 15 is 0 Å². The highest BCUT2D eigenvalue weighted by atomic mass is 32.2. The van der Waals surface area contributed by atoms with Crippen molar-refractivity contribution in [1.82, 2.24) is 5.32 Å². The zero-order valence-electron chi connectivity index (χ0n) is 20.2. The fourth-order valence-corrected chi connectivity index (χ4v) is 7.44. The lowest BCUT2D eigenvalue weighted by molar-refractivity contribution is -0.139. The fourth-order valence-electron chi connectivity index (χ4n) is 4.50. The molecular formula is C26H28N2O7S2. The summed E-state index contributed by atoms with van der Waals surface area (Å²) in [7, 11) is -3.75. The molecule has 2 heterocycles. The van der Waals surface area contributed by atoms with Gasteiger partial charge in [0.05, 0.1) is 11.4 Å². The molecule has 11 heteroatoms. The van der Waals surface area contributed by atoms with E-state index in [4.69, 9.17) is 9.84 Å². The van der Waals surface area contributed by atoms with Gasteiger partial charge in [-0.1, -0.05) is 42.5 Å². The molecule has 9 nitrogen and oxygen atoms in total. The van der Waals surface area contributed by atoms with Crippen LogP contribution in [0.15, 0.2) is 54.6 Å². The summed E-state index contributed by atoms with van der Waals surface area (Å²) in [5.41, 5.74) is 2.30. The molecule has 37 heavy (non-hydrogen) atoms. The van der Waals surface area contributed by atoms with Crippen molar-refractivity contribution >= 4 is 39.0 Å². The first-order valence-electron chi connectivity index (χ1n) is 11.8. The summed E-state index contributed by atoms with van der Waals surface area (Å²) >= 11 is 0.970. The molecule has 3 aromatic rings. The third-order valence-corrected chi connectivity index (χ3v) is 9.24. The van der Waals surface area contributed by atoms with Crippen molar-refractivity contribution in [2.24, 2.45) is 0 Å². The van der Waals surface area contributed by atoms with Gasteiger partial charge in [-0.2, -0.15) is 0 Å². The number of piperidine rings is 1. The standard InChI is InChI=1S/C26H28N2O7S2/c1-17-23(35-15-22(29)30)25(26(31)32)36-24(17)19-8-5-9-21(14-19)28(20-10-12-27-13-11-20)37(33,34)16-18-6-3-2-4-7-18/h2-9,14,20,27H,10-13,15-16H2,1H3,(H,29,30)(H,31,32). The first-order chi connectivity index (χ1) is 17.7. The van der Waals surface area contributed by atoms with Crippen LogP contribution in [0.3, 0.4) is 0 Å². The molecule has 196 valence electrons. The van der Waals surface area contributed by atoms with Crippen LogP contribution in [0.4, 0.5) is 5.69 Å². The molecule has 4 rings (SSSR count). The van der Waals surface area contributed by atoms with Crippen molar-refractivity contribution in [1.29, 1.82) is 0 Å². The van der Waals surface area contributed by atoms with E-state index in [1.54, 1.807) is 43.3 Å². The van der Waals surface area contributed by atoms with Crippen LogP contribution < -0.4 is 14.4 Å². The maximum absolute atomic E-state index is 13.8. The maximum atomic E-state index is 13.8. The van der Waals surface area contributed by atoms with Gasteiger partial charge in [0, 0.05) is 16.5 Å². The molecule has 1 aliphatic rings. The third kappa shape index (κ3) is 6.12. The smallest absolute Gasteiger partial charge is 0.349 e. The van der Waals surface area contributed by atoms with Gasteiger partial charge in [0.1, 0.15) is 5.75 Å². The van der Waals surface area contributed by atoms with Crippen LogP contribution in [-0.4, -0.2) is 56.3 Å². The van der Waals surface area contributed by atoms with Crippen molar-refractivity contribution in [3.8, 4) is 16.2 Å². The predicted octanol–water partition coefficient (Wildman–Crippen LogP) is 3.97. The second kappa shape index (κ2) is 11.3. The first-order valence-corrected chi connectivity index (χ1v) is 14.2. The molecule has 2 aromatic carbocycles. The third-order valence-electron chi connectivity index (χ3n) is 6.12. The zero-order valence-corrected chi connectivity index (χ0v) is 21.8. The number of carboxylic acid groups (broad SMARTS) is 2. The Morgan fingerprint density at radius 1 is 1.08 bits per heavy atom. The molecule has 0 aliphatic carbocycles. The van der Waals surface area contributed by atoms with E-state index in [-0.39, 0.29) is 22.4 Å². The summed E-state index contributed by atoms with van der Waals surface area (Å²) < 4.78 is 34.3. The number of thiophene rings is 1. The molecule has 0 atom stereocenters. The van der Waals surface area contributed by atoms with E-state index in [1.807, 2.05) is 18.2 Å². The van der Waals surface area contributed by atoms with Crippen LogP contribution >= 0.6 is 11.3 Å². The molecule has 0 saturated carbocycles. The number of ether oxygens (including phenoxy) is 1. The lowest BCUT2D eigenvalue weighted by Crippen LogP contribution is -2.46. The van der Waals surface area contributed by atoms with Crippen LogP contribution in [0.25, 0.3) is 10.4 Å². The van der Waals surface area contributed by atoms with Gasteiger partial charge in [0.2, 0.25) is 10.0 Å². The Kier molecular flexibility index (Phi) is 8.16. The highest BCUT2D eigenvalue weighted by molar-refractivity contribution is 7.92. The topological polar surface area (TPSA) is 133 Å². The largest absolute Gasteiger partial charge is 0.480 e. The number of carbonyl (C=O) groups is 2. The Hall–Kier alpha value is -3.41. The molecule has 0 unspecified atom stereocenters. The number of aromatic carboxylic acids is 1. The minimum absolute atomic E-state index is 0.00668. The van der Waals surface area contributed by atoms with Gasteiger partial charge in [-0.25, -0.2) is 18.0 Å². The molecule has 0 amide bonds. The van der Waals surface area contributed by atoms with Crippen molar-refractivity contribution in [3.05, 3.63) is 70.6 Å². The molecular weight excluding hydrogens is 516 g/mol. The number of nitrogens with one attached hydrogen (secondary N) is 1. The Morgan fingerprint density at radius 2 is 1.78 bits per heavy atom. The molecule has 1 saturated heterocycles. The summed E-state index contributed by atoms with van der Waals surface area (Å²) in [5, 5.41) is 21.9. The Labute approximate surface area is 219 Å². The van der Waals surface area contributed by atoms with E-state index < -0.39 is 28.6 Å². The summed E-state index contributed by atoms with van der Waals surface area (Å²) in [4.78, 5) is 23.3. The zero-order chi connectivity index (χ0) is 26.6. The number of benzene rings is 2. The van der Waals surface area contributed by atoms with Gasteiger partial charge in [0.15, 0.2) is 11.5 Å². The lowest BCUT2D eigenvalue weighted by Gasteiger charge is -2.35. The molecule has 0 bridgehead atoms. The van der Waals surface area contributed by atoms with Crippen molar-refractivity contribution in [2.45, 2.75) is 31.6 Å². The highest BCUT2D eigenvalue weighted by Gasteiger charge is 2.32. The van der Waals surface area contributed by atoms with E-state index in [9.17, 15) is 23.1 Å². The molecule has 0 spiro atoms. The summed E-state index contributed by atoms with van der Waals surface area (Å²) in [6.07, 6.45) is 1.32. The van der Waals surface area contributed by atoms with Gasteiger partial charge in [-0.05, 0) is 56.1 Å². The van der Waals surface area contributed by atoms with Crippen LogP contribution in [0.2, 0.25) is 0 Å². The second-order valence-corrected chi connectivity index (χ2v) is 11.6. The van der Waals surface area contributed by atoms with Gasteiger partial charge >= 0.3 is 11.9 Å². The van der Waals surface area contributed by atoms with Gasteiger partial charge in [-0.15, -0.1) is 11.3 Å². The Balaban J connectivity index is 1.76. The quantitative estimate of drug-likeness (QED) is 0.349. The number of nitrogens with zero attached hydrogens (tertiary/aromatic N) is 1. The van der Waals surface area contributed by atoms with Crippen LogP contribution in [0, 0.1) is 6.92 Å². The van der Waals surface area contributed by atoms with Crippen molar-refractivity contribution < 1.29 is 33.0 Å². The van der Waals surface area contributed by atoms with E-state index in [1.165, 1.54) is 4.31 Å². The molecule has 1 aliphatic heterocycles. The first kappa shape index (κ1) is 26.6. The van der Waals surface area contributed by atoms with Crippen LogP contribution in [0.1, 0.15) is 33.6 Å². The molecule has 1 aromatic heterocycles. The number of carboxylic acids is 2. The van der Waals surface area contributed by atoms with Gasteiger partial charge in [-0.3, -0.25) is 4.31 Å². The number of rotatable bonds is 10. The second-order valence-electron chi connectivity index (χ2n) is 8.77. The Bertz CT molecular complexity index is 1380. The number of aliphatic carboxylic acids is 1. The predicted molar refractivity (Wildman–Crippen MR) is 142 cm³/mol. The summed E-state index contributed by atoms with van der Waals surface area (Å²) in [6, 6.07) is 15.8. The van der Waals surface area contributed by atoms with Gasteiger partial charge in [0.25, 0.3) is 0 Å². The van der Waals surface area contributed by atoms with Gasteiger partial charge < -0.3 is 20.3 Å². The Morgan fingerprint density at radius 3 is 2.43 bits per heavy atom. The van der Waals surface area contributed by atoms with E-state index in [2.05, 4.69) is 5.32 Å². The average molecular weight is 545 g/mol. The number of anilines is 1. The van der Waals surface area contributed by atoms with Crippen LogP contribution in [0.5, 0.6) is 5.75 Å². The van der Waals surface area contributed by atoms with Crippen molar-refractivity contribution in [3.63, 3.8) is 0 Å². The SMILES string of the molecule is Cc1c(-c2cccc(N(C3CCNCC3)S(=O)(=O)Cc3ccccc3)c2)sc(C(=O)O)c1OCC(=O)O. The molecule has 0 radical (unpaired) electrons. The summed E-state index contributed by atoms with van der Waals surface area (Å²) in [5.74, 6) is -2.58. The highest BCUT2D eigenvalue weighted by Crippen LogP contribution is 2.42. The minimum Gasteiger partial charge on any atom is -0.480 e. The van der Waals surface area contributed by atoms with E-state index in [0.29, 0.717) is 53.2 Å². The average Bonchev–Trinajstić information content (AvgIpc) is 3.20. The van der Waals surface area contributed by atoms with Crippen molar-refractivity contribution in [2.75, 3.05) is 24.0 Å². The molecule has 1 fully saturated rings. The van der Waals surface area contributed by atoms with Crippen LogP contribution in [-0.2, 0) is 20.6 Å². The number of sulfonamides is 1. The molecule has 3 N–H and O–H groups in total. The summed E-state index contributed by atoms with van der Waals surface area (Å²) in [6.45, 7) is 2.41. The number of hydrogen-bond donors (Lipinski definition) is 3. The number of hydrogen-bond acceptors (Lipinski definition) is 7. The monoisotopic (exact) mass is 544 g/mol. The maximum Gasteiger partial charge on any atom is 0.349 e. The van der Waals surface area contributed by atoms with E-state index in [0.717, 1.165) is 11.3 Å². The normalized spacial score (nSPS) is 14.3. The fraction of sp³-hybridized carbons (Fsp3) is 0.308. The lowest BCUT2D eigenvalue weighted by atomic mass is 10.0.